The molecule has 3 heterocycles. The average molecular weight is 450 g/mol. The van der Waals surface area contributed by atoms with Crippen molar-refractivity contribution >= 4 is 17.5 Å². The number of hydrogen-bond acceptors (Lipinski definition) is 7. The molecule has 0 spiro atoms. The minimum Gasteiger partial charge on any atom is -0.379 e. The summed E-state index contributed by atoms with van der Waals surface area (Å²) in [6.07, 6.45) is 3.65. The van der Waals surface area contributed by atoms with Crippen molar-refractivity contribution in [2.75, 3.05) is 31.0 Å². The zero-order valence-corrected chi connectivity index (χ0v) is 18.2. The quantitative estimate of drug-likeness (QED) is 0.526. The third-order valence-electron chi connectivity index (χ3n) is 5.56. The average Bonchev–Trinajstić information content (AvgIpc) is 3.33. The van der Waals surface area contributed by atoms with Crippen molar-refractivity contribution in [3.63, 3.8) is 0 Å². The van der Waals surface area contributed by atoms with Crippen LogP contribution in [0.2, 0.25) is 0 Å². The van der Waals surface area contributed by atoms with Crippen LogP contribution in [0.4, 0.5) is 16.0 Å². The lowest BCUT2D eigenvalue weighted by atomic mass is 9.97. The maximum absolute atomic E-state index is 14.6. The van der Waals surface area contributed by atoms with Gasteiger partial charge in [0.15, 0.2) is 0 Å². The van der Waals surface area contributed by atoms with Gasteiger partial charge in [0.25, 0.3) is 5.91 Å². The van der Waals surface area contributed by atoms with Gasteiger partial charge in [-0.15, -0.1) is 0 Å². The molecule has 1 amide bonds. The first-order chi connectivity index (χ1) is 16.0. The van der Waals surface area contributed by atoms with E-state index in [1.54, 1.807) is 32.4 Å². The summed E-state index contributed by atoms with van der Waals surface area (Å²) in [7, 11) is 1.62. The second-order valence-electron chi connectivity index (χ2n) is 7.69. The highest BCUT2D eigenvalue weighted by atomic mass is 19.1. The number of benzene rings is 1. The Hall–Kier alpha value is -3.81. The largest absolute Gasteiger partial charge is 0.379 e. The summed E-state index contributed by atoms with van der Waals surface area (Å²) in [4.78, 5) is 17.0. The number of methoxy groups -OCH3 is 1. The molecule has 0 aliphatic carbocycles. The fourth-order valence-electron chi connectivity index (χ4n) is 3.77. The highest BCUT2D eigenvalue weighted by Crippen LogP contribution is 2.29. The Morgan fingerprint density at radius 1 is 1.39 bits per heavy atom. The Morgan fingerprint density at radius 3 is 2.97 bits per heavy atom. The van der Waals surface area contributed by atoms with Gasteiger partial charge in [-0.25, -0.2) is 9.37 Å². The number of halogens is 1. The van der Waals surface area contributed by atoms with Gasteiger partial charge in [0.1, 0.15) is 29.6 Å². The lowest BCUT2D eigenvalue weighted by Crippen LogP contribution is -2.43. The van der Waals surface area contributed by atoms with E-state index < -0.39 is 11.7 Å². The molecule has 10 heteroatoms. The van der Waals surface area contributed by atoms with Crippen LogP contribution in [0, 0.1) is 24.1 Å². The first-order valence-corrected chi connectivity index (χ1v) is 10.4. The van der Waals surface area contributed by atoms with Crippen molar-refractivity contribution in [2.24, 2.45) is 0 Å². The molecule has 2 atom stereocenters. The molecule has 3 N–H and O–H groups in total. The summed E-state index contributed by atoms with van der Waals surface area (Å²) in [6, 6.07) is 8.11. The van der Waals surface area contributed by atoms with Crippen molar-refractivity contribution in [1.29, 1.82) is 5.26 Å². The van der Waals surface area contributed by atoms with Crippen LogP contribution >= 0.6 is 0 Å². The van der Waals surface area contributed by atoms with Crippen LogP contribution in [-0.2, 0) is 9.47 Å². The van der Waals surface area contributed by atoms with Gasteiger partial charge < -0.3 is 20.1 Å². The number of nitrogens with zero attached hydrogens (tertiary/aromatic N) is 3. The molecule has 1 aliphatic rings. The van der Waals surface area contributed by atoms with Crippen molar-refractivity contribution in [3.8, 4) is 17.2 Å². The number of pyridine rings is 1. The Morgan fingerprint density at radius 2 is 2.24 bits per heavy atom. The number of aryl methyl sites for hydroxylation is 1. The standard InChI is InChI=1S/C23H23FN6O3/c1-13-7-18(24)17(23(31)29-21-3-5-27-30-21)9-16(13)15-8-14(10-25)22(26-11-15)28-19-4-6-33-12-20(19)32-2/h3,5,7-9,11,19-20H,4,6,12H2,1-2H3,(H,26,28)(H2,27,29,30,31)/t19-,20-/m0/s1. The number of rotatable bonds is 6. The minimum absolute atomic E-state index is 0.0421. The van der Waals surface area contributed by atoms with Crippen molar-refractivity contribution in [1.82, 2.24) is 15.2 Å². The van der Waals surface area contributed by atoms with Gasteiger partial charge in [0, 0.05) is 31.5 Å². The SMILES string of the molecule is CO[C@H]1COCC[C@@H]1Nc1ncc(-c2cc(C(=O)Nc3ccn[nH]3)c(F)cc2C)cc1C#N. The lowest BCUT2D eigenvalue weighted by molar-refractivity contribution is -0.0367. The Kier molecular flexibility index (Phi) is 6.63. The highest BCUT2D eigenvalue weighted by Gasteiger charge is 2.27. The molecule has 1 fully saturated rings. The molecule has 33 heavy (non-hydrogen) atoms. The van der Waals surface area contributed by atoms with Gasteiger partial charge in [-0.1, -0.05) is 0 Å². The number of aromatic amines is 1. The number of ether oxygens (including phenoxy) is 2. The Balaban J connectivity index is 1.63. The van der Waals surface area contributed by atoms with E-state index in [0.29, 0.717) is 47.1 Å². The number of carbonyl (C=O) groups is 1. The monoisotopic (exact) mass is 450 g/mol. The van der Waals surface area contributed by atoms with Crippen LogP contribution in [0.25, 0.3) is 11.1 Å². The number of anilines is 2. The van der Waals surface area contributed by atoms with Crippen LogP contribution in [0.15, 0.2) is 36.7 Å². The third kappa shape index (κ3) is 4.84. The molecular formula is C23H23FN6O3. The first-order valence-electron chi connectivity index (χ1n) is 10.4. The van der Waals surface area contributed by atoms with E-state index in [1.165, 1.54) is 18.3 Å². The number of aromatic nitrogens is 3. The molecule has 0 bridgehead atoms. The zero-order valence-electron chi connectivity index (χ0n) is 18.2. The highest BCUT2D eigenvalue weighted by molar-refractivity contribution is 6.04. The molecule has 1 aromatic carbocycles. The summed E-state index contributed by atoms with van der Waals surface area (Å²) in [5.74, 6) is -0.472. The molecule has 9 nitrogen and oxygen atoms in total. The molecule has 0 radical (unpaired) electrons. The Bertz CT molecular complexity index is 1190. The van der Waals surface area contributed by atoms with Gasteiger partial charge in [0.2, 0.25) is 0 Å². The van der Waals surface area contributed by atoms with Crippen LogP contribution in [0.5, 0.6) is 0 Å². The van der Waals surface area contributed by atoms with Crippen LogP contribution in [0.3, 0.4) is 0 Å². The Labute approximate surface area is 189 Å². The fraction of sp³-hybridized carbons (Fsp3) is 0.304. The lowest BCUT2D eigenvalue weighted by Gasteiger charge is -2.31. The van der Waals surface area contributed by atoms with E-state index in [-0.39, 0.29) is 17.7 Å². The number of hydrogen-bond donors (Lipinski definition) is 3. The maximum Gasteiger partial charge on any atom is 0.259 e. The number of H-pyrrole nitrogens is 1. The van der Waals surface area contributed by atoms with E-state index in [4.69, 9.17) is 9.47 Å². The van der Waals surface area contributed by atoms with Crippen molar-refractivity contribution < 1.29 is 18.7 Å². The van der Waals surface area contributed by atoms with Crippen LogP contribution in [-0.4, -0.2) is 53.6 Å². The van der Waals surface area contributed by atoms with Crippen molar-refractivity contribution in [2.45, 2.75) is 25.5 Å². The zero-order chi connectivity index (χ0) is 23.4. The van der Waals surface area contributed by atoms with Gasteiger partial charge in [-0.2, -0.15) is 10.4 Å². The summed E-state index contributed by atoms with van der Waals surface area (Å²) in [5, 5.41) is 21.9. The number of amides is 1. The van der Waals surface area contributed by atoms with Crippen LogP contribution in [0.1, 0.15) is 27.9 Å². The van der Waals surface area contributed by atoms with E-state index in [2.05, 4.69) is 31.9 Å². The normalized spacial score (nSPS) is 17.9. The first kappa shape index (κ1) is 22.4. The fourth-order valence-corrected chi connectivity index (χ4v) is 3.77. The second kappa shape index (κ2) is 9.77. The van der Waals surface area contributed by atoms with Crippen molar-refractivity contribution in [3.05, 3.63) is 59.2 Å². The number of nitriles is 1. The maximum atomic E-state index is 14.6. The summed E-state index contributed by atoms with van der Waals surface area (Å²) in [6.45, 7) is 2.79. The molecule has 1 saturated heterocycles. The van der Waals surface area contributed by atoms with Gasteiger partial charge in [0.05, 0.1) is 30.0 Å². The van der Waals surface area contributed by atoms with Gasteiger partial charge in [-0.05, 0) is 42.7 Å². The molecule has 1 aliphatic heterocycles. The molecule has 3 aromatic rings. The minimum atomic E-state index is -0.648. The topological polar surface area (TPSA) is 125 Å². The molecule has 2 aromatic heterocycles. The van der Waals surface area contributed by atoms with E-state index in [9.17, 15) is 14.4 Å². The van der Waals surface area contributed by atoms with E-state index in [1.807, 2.05) is 0 Å². The molecule has 170 valence electrons. The summed E-state index contributed by atoms with van der Waals surface area (Å²) in [5.41, 5.74) is 2.01. The predicted octanol–water partition coefficient (Wildman–Crippen LogP) is 3.26. The third-order valence-corrected chi connectivity index (χ3v) is 5.56. The molecule has 0 unspecified atom stereocenters. The molecule has 0 saturated carbocycles. The van der Waals surface area contributed by atoms with E-state index >= 15 is 0 Å². The van der Waals surface area contributed by atoms with E-state index in [0.717, 1.165) is 6.42 Å². The van der Waals surface area contributed by atoms with Crippen LogP contribution < -0.4 is 10.6 Å². The summed E-state index contributed by atoms with van der Waals surface area (Å²) >= 11 is 0. The number of carbonyl (C=O) groups excluding carboxylic acids is 1. The predicted molar refractivity (Wildman–Crippen MR) is 119 cm³/mol. The molecule has 4 rings (SSSR count). The summed E-state index contributed by atoms with van der Waals surface area (Å²) < 4.78 is 25.5. The second-order valence-corrected chi connectivity index (χ2v) is 7.69. The smallest absolute Gasteiger partial charge is 0.259 e. The number of nitrogens with one attached hydrogen (secondary N) is 3. The van der Waals surface area contributed by atoms with Gasteiger partial charge >= 0.3 is 0 Å². The molecular weight excluding hydrogens is 427 g/mol. The van der Waals surface area contributed by atoms with Gasteiger partial charge in [-0.3, -0.25) is 9.89 Å².